The first-order chi connectivity index (χ1) is 13.7. The Labute approximate surface area is 184 Å². The molecule has 29 heavy (non-hydrogen) atoms. The van der Waals surface area contributed by atoms with Crippen LogP contribution in [0.25, 0.3) is 10.2 Å². The third kappa shape index (κ3) is 3.39. The van der Waals surface area contributed by atoms with Gasteiger partial charge < -0.3 is 10.0 Å². The first-order valence-electron chi connectivity index (χ1n) is 10.5. The number of aromatic nitrogens is 1. The second-order valence-corrected chi connectivity index (χ2v) is 12.1. The van der Waals surface area contributed by atoms with Gasteiger partial charge in [-0.15, -0.1) is 11.3 Å². The molecular weight excluding hydrogens is 450 g/mol. The van der Waals surface area contributed by atoms with E-state index in [1.807, 2.05) is 11.3 Å². The number of thiazole rings is 1. The lowest BCUT2D eigenvalue weighted by molar-refractivity contribution is 0.0691. The van der Waals surface area contributed by atoms with E-state index in [1.165, 1.54) is 9.71 Å². The molecule has 3 unspecified atom stereocenters. The highest BCUT2D eigenvalue weighted by atomic mass is 79.9. The van der Waals surface area contributed by atoms with Crippen LogP contribution < -0.4 is 0 Å². The fourth-order valence-electron chi connectivity index (χ4n) is 5.59. The van der Waals surface area contributed by atoms with Crippen LogP contribution in [0.1, 0.15) is 51.0 Å². The standard InChI is InChI=1S/C22H28BrN3O2S/c1-22(2,3)19-8-13-10-25(11-17(13)26(19)21(27)28)15-6-12(7-15)20-24-16-5-4-14(23)9-18(16)29-20/h4-5,9,12-13,15,17,19H,6-8,10-11H2,1-3H3,(H,27,28). The Kier molecular flexibility index (Phi) is 4.72. The summed E-state index contributed by atoms with van der Waals surface area (Å²) in [6, 6.07) is 7.17. The number of carbonyl (C=O) groups is 1. The van der Waals surface area contributed by atoms with E-state index in [4.69, 9.17) is 4.98 Å². The molecule has 156 valence electrons. The van der Waals surface area contributed by atoms with Gasteiger partial charge in [-0.05, 0) is 48.8 Å². The Morgan fingerprint density at radius 1 is 1.24 bits per heavy atom. The van der Waals surface area contributed by atoms with Gasteiger partial charge in [0.1, 0.15) is 0 Å². The van der Waals surface area contributed by atoms with Crippen molar-refractivity contribution in [3.8, 4) is 0 Å². The van der Waals surface area contributed by atoms with Crippen molar-refractivity contribution in [2.45, 2.75) is 64.1 Å². The number of fused-ring (bicyclic) bond motifs is 2. The maximum atomic E-state index is 12.0. The van der Waals surface area contributed by atoms with Crippen molar-refractivity contribution in [3.63, 3.8) is 0 Å². The molecule has 3 aliphatic rings. The molecule has 2 aromatic rings. The normalized spacial score (nSPS) is 32.6. The van der Waals surface area contributed by atoms with Crippen LogP contribution in [-0.2, 0) is 0 Å². The minimum atomic E-state index is -0.744. The molecule has 5 rings (SSSR count). The highest BCUT2D eigenvalue weighted by Crippen LogP contribution is 2.48. The molecule has 0 spiro atoms. The zero-order chi connectivity index (χ0) is 20.5. The summed E-state index contributed by atoms with van der Waals surface area (Å²) in [5.74, 6) is 1.03. The van der Waals surface area contributed by atoms with Crippen molar-refractivity contribution in [3.05, 3.63) is 27.7 Å². The van der Waals surface area contributed by atoms with Gasteiger partial charge in [0.2, 0.25) is 0 Å². The second kappa shape index (κ2) is 6.92. The predicted octanol–water partition coefficient (Wildman–Crippen LogP) is 5.40. The van der Waals surface area contributed by atoms with Crippen molar-refractivity contribution < 1.29 is 9.90 Å². The largest absolute Gasteiger partial charge is 0.465 e. The smallest absolute Gasteiger partial charge is 0.407 e. The minimum Gasteiger partial charge on any atom is -0.465 e. The molecule has 0 bridgehead atoms. The van der Waals surface area contributed by atoms with Gasteiger partial charge in [-0.1, -0.05) is 36.7 Å². The Balaban J connectivity index is 1.24. The van der Waals surface area contributed by atoms with Gasteiger partial charge in [-0.2, -0.15) is 0 Å². The second-order valence-electron chi connectivity index (χ2n) is 10.1. The van der Waals surface area contributed by atoms with E-state index in [9.17, 15) is 9.90 Å². The number of halogens is 1. The molecule has 1 aliphatic carbocycles. The van der Waals surface area contributed by atoms with Crippen molar-refractivity contribution in [2.75, 3.05) is 13.1 Å². The zero-order valence-corrected chi connectivity index (χ0v) is 19.5. The molecule has 3 atom stereocenters. The van der Waals surface area contributed by atoms with Crippen LogP contribution in [0.4, 0.5) is 4.79 Å². The molecule has 1 N–H and O–H groups in total. The van der Waals surface area contributed by atoms with Gasteiger partial charge in [0.05, 0.1) is 21.3 Å². The lowest BCUT2D eigenvalue weighted by Crippen LogP contribution is -2.50. The van der Waals surface area contributed by atoms with Crippen LogP contribution in [0, 0.1) is 11.3 Å². The number of carboxylic acid groups (broad SMARTS) is 1. The molecule has 1 aromatic carbocycles. The fourth-order valence-corrected chi connectivity index (χ4v) is 7.23. The first-order valence-corrected chi connectivity index (χ1v) is 12.1. The van der Waals surface area contributed by atoms with Crippen molar-refractivity contribution in [2.24, 2.45) is 11.3 Å². The Morgan fingerprint density at radius 3 is 2.69 bits per heavy atom. The summed E-state index contributed by atoms with van der Waals surface area (Å²) >= 11 is 5.36. The SMILES string of the molecule is CC(C)(C)C1CC2CN(C3CC(c4nc5ccc(Br)cc5s4)C3)CC2N1C(=O)O. The average Bonchev–Trinajstić information content (AvgIpc) is 3.23. The Bertz CT molecular complexity index is 949. The maximum Gasteiger partial charge on any atom is 0.407 e. The number of hydrogen-bond acceptors (Lipinski definition) is 4. The van der Waals surface area contributed by atoms with Crippen LogP contribution in [0.5, 0.6) is 0 Å². The summed E-state index contributed by atoms with van der Waals surface area (Å²) in [6.07, 6.45) is 2.55. The summed E-state index contributed by atoms with van der Waals surface area (Å²) < 4.78 is 2.35. The number of hydrogen-bond donors (Lipinski definition) is 1. The van der Waals surface area contributed by atoms with E-state index in [0.29, 0.717) is 17.9 Å². The molecule has 3 fully saturated rings. The van der Waals surface area contributed by atoms with Gasteiger partial charge in [-0.25, -0.2) is 9.78 Å². The summed E-state index contributed by atoms with van der Waals surface area (Å²) in [5.41, 5.74) is 1.09. The van der Waals surface area contributed by atoms with Crippen LogP contribution in [0.3, 0.4) is 0 Å². The van der Waals surface area contributed by atoms with Gasteiger partial charge in [0, 0.05) is 35.6 Å². The Hall–Kier alpha value is -1.18. The maximum absolute atomic E-state index is 12.0. The van der Waals surface area contributed by atoms with Crippen molar-refractivity contribution in [1.82, 2.24) is 14.8 Å². The Morgan fingerprint density at radius 2 is 2.00 bits per heavy atom. The molecule has 3 heterocycles. The molecular formula is C22H28BrN3O2S. The number of amides is 1. The summed E-state index contributed by atoms with van der Waals surface area (Å²) in [7, 11) is 0. The molecule has 0 radical (unpaired) electrons. The van der Waals surface area contributed by atoms with Crippen molar-refractivity contribution >= 4 is 43.6 Å². The highest BCUT2D eigenvalue weighted by Gasteiger charge is 2.53. The summed E-state index contributed by atoms with van der Waals surface area (Å²) in [4.78, 5) is 21.2. The van der Waals surface area contributed by atoms with Crippen LogP contribution in [-0.4, -0.2) is 57.2 Å². The van der Waals surface area contributed by atoms with E-state index < -0.39 is 6.09 Å². The van der Waals surface area contributed by atoms with E-state index in [2.05, 4.69) is 59.8 Å². The highest BCUT2D eigenvalue weighted by molar-refractivity contribution is 9.10. The van der Waals surface area contributed by atoms with Gasteiger partial charge >= 0.3 is 6.09 Å². The molecule has 5 nitrogen and oxygen atoms in total. The summed E-state index contributed by atoms with van der Waals surface area (Å²) in [6.45, 7) is 8.44. The zero-order valence-electron chi connectivity index (χ0n) is 17.1. The lowest BCUT2D eigenvalue weighted by Gasteiger charge is -2.42. The molecule has 1 aromatic heterocycles. The average molecular weight is 478 g/mol. The van der Waals surface area contributed by atoms with E-state index in [-0.39, 0.29) is 17.5 Å². The van der Waals surface area contributed by atoms with Gasteiger partial charge in [0.15, 0.2) is 0 Å². The fraction of sp³-hybridized carbons (Fsp3) is 0.636. The quantitative estimate of drug-likeness (QED) is 0.628. The summed E-state index contributed by atoms with van der Waals surface area (Å²) in [5, 5.41) is 11.1. The molecule has 2 saturated heterocycles. The molecule has 1 saturated carbocycles. The van der Waals surface area contributed by atoms with Crippen LogP contribution >= 0.6 is 27.3 Å². The topological polar surface area (TPSA) is 56.7 Å². The third-order valence-corrected chi connectivity index (χ3v) is 8.89. The van der Waals surface area contributed by atoms with Crippen LogP contribution in [0.15, 0.2) is 22.7 Å². The minimum absolute atomic E-state index is 0.00301. The van der Waals surface area contributed by atoms with Crippen molar-refractivity contribution in [1.29, 1.82) is 0 Å². The molecule has 1 amide bonds. The van der Waals surface area contributed by atoms with Crippen LogP contribution in [0.2, 0.25) is 0 Å². The monoisotopic (exact) mass is 477 g/mol. The van der Waals surface area contributed by atoms with E-state index in [0.717, 1.165) is 42.3 Å². The number of nitrogens with zero attached hydrogens (tertiary/aromatic N) is 3. The number of likely N-dealkylation sites (tertiary alicyclic amines) is 2. The third-order valence-electron chi connectivity index (χ3n) is 7.22. The predicted molar refractivity (Wildman–Crippen MR) is 120 cm³/mol. The molecule has 2 aliphatic heterocycles. The van der Waals surface area contributed by atoms with E-state index >= 15 is 0 Å². The number of benzene rings is 1. The molecule has 7 heteroatoms. The number of rotatable bonds is 2. The first kappa shape index (κ1) is 19.8. The van der Waals surface area contributed by atoms with Gasteiger partial charge in [0.25, 0.3) is 0 Å². The van der Waals surface area contributed by atoms with E-state index in [1.54, 1.807) is 4.90 Å². The lowest BCUT2D eigenvalue weighted by atomic mass is 9.79. The van der Waals surface area contributed by atoms with Gasteiger partial charge in [-0.3, -0.25) is 4.90 Å².